The first-order valence-electron chi connectivity index (χ1n) is 9.04. The predicted octanol–water partition coefficient (Wildman–Crippen LogP) is 2.14. The molecule has 0 bridgehead atoms. The quantitative estimate of drug-likeness (QED) is 0.716. The highest BCUT2D eigenvalue weighted by molar-refractivity contribution is 5.94. The van der Waals surface area contributed by atoms with Crippen LogP contribution in [0.5, 0.6) is 5.75 Å². The van der Waals surface area contributed by atoms with Crippen molar-refractivity contribution >= 4 is 11.9 Å². The number of ether oxygens (including phenoxy) is 1. The number of carboxylic acid groups (broad SMARTS) is 1. The number of nitrogens with one attached hydrogen (secondary N) is 1. The number of hydrogen-bond acceptors (Lipinski definition) is 4. The van der Waals surface area contributed by atoms with Gasteiger partial charge >= 0.3 is 5.97 Å². The molecule has 1 amide bonds. The van der Waals surface area contributed by atoms with E-state index in [1.807, 2.05) is 6.92 Å². The number of carbonyl (C=O) groups excluding carboxylic acids is 1. The maximum atomic E-state index is 12.3. The number of amides is 1. The van der Waals surface area contributed by atoms with Crippen LogP contribution in [0.4, 0.5) is 0 Å². The summed E-state index contributed by atoms with van der Waals surface area (Å²) >= 11 is 0. The van der Waals surface area contributed by atoms with Crippen molar-refractivity contribution in [2.24, 2.45) is 5.92 Å². The molecule has 0 heterocycles. The summed E-state index contributed by atoms with van der Waals surface area (Å²) in [5.41, 5.74) is 0.618. The molecule has 2 fully saturated rings. The lowest BCUT2D eigenvalue weighted by molar-refractivity contribution is -0.139. The summed E-state index contributed by atoms with van der Waals surface area (Å²) in [6.07, 6.45) is 4.06. The van der Waals surface area contributed by atoms with Gasteiger partial charge in [0, 0.05) is 24.2 Å². The molecule has 6 nitrogen and oxygen atoms in total. The Balaban J connectivity index is 1.46. The summed E-state index contributed by atoms with van der Waals surface area (Å²) < 4.78 is 5.38. The fraction of sp³-hybridized carbons (Fsp3) is 0.579. The zero-order valence-corrected chi connectivity index (χ0v) is 14.6. The Kier molecular flexibility index (Phi) is 5.58. The number of carbonyl (C=O) groups is 2. The minimum Gasteiger partial charge on any atom is -0.494 e. The van der Waals surface area contributed by atoms with E-state index in [0.717, 1.165) is 25.1 Å². The molecule has 0 unspecified atom stereocenters. The van der Waals surface area contributed by atoms with Gasteiger partial charge in [-0.1, -0.05) is 0 Å². The minimum absolute atomic E-state index is 0.0847. The topological polar surface area (TPSA) is 78.9 Å². The van der Waals surface area contributed by atoms with Gasteiger partial charge in [-0.15, -0.1) is 0 Å². The summed E-state index contributed by atoms with van der Waals surface area (Å²) in [5.74, 6) is 0.560. The van der Waals surface area contributed by atoms with Gasteiger partial charge < -0.3 is 15.2 Å². The molecule has 0 saturated heterocycles. The highest BCUT2D eigenvalue weighted by Crippen LogP contribution is 2.33. The van der Waals surface area contributed by atoms with Gasteiger partial charge in [0.2, 0.25) is 0 Å². The Morgan fingerprint density at radius 2 is 1.92 bits per heavy atom. The fourth-order valence-electron chi connectivity index (χ4n) is 3.29. The maximum absolute atomic E-state index is 12.3. The molecule has 136 valence electrons. The second-order valence-electron chi connectivity index (χ2n) is 7.02. The maximum Gasteiger partial charge on any atom is 0.317 e. The van der Waals surface area contributed by atoms with Crippen LogP contribution in [0.2, 0.25) is 0 Å². The lowest BCUT2D eigenvalue weighted by Crippen LogP contribution is -2.55. The van der Waals surface area contributed by atoms with Gasteiger partial charge in [0.15, 0.2) is 0 Å². The molecule has 0 radical (unpaired) electrons. The van der Waals surface area contributed by atoms with E-state index in [-0.39, 0.29) is 24.5 Å². The van der Waals surface area contributed by atoms with Crippen LogP contribution >= 0.6 is 0 Å². The van der Waals surface area contributed by atoms with Crippen LogP contribution in [-0.4, -0.2) is 53.7 Å². The third kappa shape index (κ3) is 4.95. The molecule has 2 aliphatic carbocycles. The Morgan fingerprint density at radius 1 is 1.24 bits per heavy atom. The summed E-state index contributed by atoms with van der Waals surface area (Å²) in [7, 11) is 0. The third-order valence-electron chi connectivity index (χ3n) is 4.92. The van der Waals surface area contributed by atoms with Gasteiger partial charge in [-0.25, -0.2) is 0 Å². The van der Waals surface area contributed by atoms with Crippen molar-refractivity contribution in [3.63, 3.8) is 0 Å². The Hall–Kier alpha value is -2.08. The Morgan fingerprint density at radius 3 is 2.48 bits per heavy atom. The lowest BCUT2D eigenvalue weighted by atomic mass is 9.85. The minimum atomic E-state index is -0.775. The van der Waals surface area contributed by atoms with Crippen molar-refractivity contribution in [1.29, 1.82) is 0 Å². The zero-order chi connectivity index (χ0) is 17.8. The van der Waals surface area contributed by atoms with E-state index in [2.05, 4.69) is 10.2 Å². The Bertz CT molecular complexity index is 606. The number of carboxylic acids is 1. The van der Waals surface area contributed by atoms with E-state index >= 15 is 0 Å². The molecule has 25 heavy (non-hydrogen) atoms. The molecule has 0 aliphatic heterocycles. The molecule has 2 N–H and O–H groups in total. The van der Waals surface area contributed by atoms with Gasteiger partial charge in [0.05, 0.1) is 13.2 Å². The fourth-order valence-corrected chi connectivity index (χ4v) is 3.29. The average molecular weight is 346 g/mol. The SMILES string of the molecule is CCOc1ccc(C(=O)NC2CC(N(CC(=O)O)CC3CC3)C2)cc1. The zero-order valence-electron chi connectivity index (χ0n) is 14.6. The number of aliphatic carboxylic acids is 1. The summed E-state index contributed by atoms with van der Waals surface area (Å²) in [5, 5.41) is 12.1. The van der Waals surface area contributed by atoms with Crippen LogP contribution in [0.1, 0.15) is 43.0 Å². The van der Waals surface area contributed by atoms with Gasteiger partial charge in [-0.05, 0) is 62.8 Å². The molecular formula is C19H26N2O4. The van der Waals surface area contributed by atoms with E-state index in [0.29, 0.717) is 18.1 Å². The summed E-state index contributed by atoms with van der Waals surface area (Å²) in [6, 6.07) is 7.51. The molecule has 0 spiro atoms. The first-order chi connectivity index (χ1) is 12.0. The van der Waals surface area contributed by atoms with Crippen molar-refractivity contribution in [3.8, 4) is 5.75 Å². The normalized spacial score (nSPS) is 22.3. The number of benzene rings is 1. The molecule has 0 atom stereocenters. The second kappa shape index (κ2) is 7.87. The number of nitrogens with zero attached hydrogens (tertiary/aromatic N) is 1. The monoisotopic (exact) mass is 346 g/mol. The van der Waals surface area contributed by atoms with Crippen LogP contribution in [0, 0.1) is 5.92 Å². The molecule has 2 aliphatic rings. The van der Waals surface area contributed by atoms with Crippen molar-refractivity contribution < 1.29 is 19.4 Å². The highest BCUT2D eigenvalue weighted by atomic mass is 16.5. The number of hydrogen-bond donors (Lipinski definition) is 2. The summed E-state index contributed by atoms with van der Waals surface area (Å²) in [6.45, 7) is 3.49. The van der Waals surface area contributed by atoms with E-state index in [9.17, 15) is 9.59 Å². The van der Waals surface area contributed by atoms with Crippen molar-refractivity contribution in [2.75, 3.05) is 19.7 Å². The van der Waals surface area contributed by atoms with E-state index in [1.165, 1.54) is 12.8 Å². The predicted molar refractivity (Wildman–Crippen MR) is 93.8 cm³/mol. The first-order valence-corrected chi connectivity index (χ1v) is 9.04. The standard InChI is InChI=1S/C19H26N2O4/c1-2-25-17-7-5-14(6-8-17)19(24)20-15-9-16(10-15)21(12-18(22)23)11-13-3-4-13/h5-8,13,15-16H,2-4,9-12H2,1H3,(H,20,24)(H,22,23). The van der Waals surface area contributed by atoms with Crippen molar-refractivity contribution in [3.05, 3.63) is 29.8 Å². The van der Waals surface area contributed by atoms with E-state index < -0.39 is 5.97 Å². The first kappa shape index (κ1) is 17.7. The molecular weight excluding hydrogens is 320 g/mol. The van der Waals surface area contributed by atoms with Gasteiger partial charge in [-0.3, -0.25) is 14.5 Å². The average Bonchev–Trinajstić information content (AvgIpc) is 3.34. The largest absolute Gasteiger partial charge is 0.494 e. The molecule has 6 heteroatoms. The summed E-state index contributed by atoms with van der Waals surface area (Å²) in [4.78, 5) is 25.4. The van der Waals surface area contributed by atoms with Crippen LogP contribution in [0.15, 0.2) is 24.3 Å². The highest BCUT2D eigenvalue weighted by Gasteiger charge is 2.37. The number of rotatable bonds is 9. The van der Waals surface area contributed by atoms with Crippen LogP contribution < -0.4 is 10.1 Å². The second-order valence-corrected chi connectivity index (χ2v) is 7.02. The smallest absolute Gasteiger partial charge is 0.317 e. The van der Waals surface area contributed by atoms with Crippen molar-refractivity contribution in [2.45, 2.75) is 44.7 Å². The van der Waals surface area contributed by atoms with Gasteiger partial charge in [-0.2, -0.15) is 0 Å². The van der Waals surface area contributed by atoms with E-state index in [1.54, 1.807) is 24.3 Å². The molecule has 3 rings (SSSR count). The van der Waals surface area contributed by atoms with Crippen LogP contribution in [0.3, 0.4) is 0 Å². The molecule has 1 aromatic rings. The van der Waals surface area contributed by atoms with Gasteiger partial charge in [0.25, 0.3) is 5.91 Å². The van der Waals surface area contributed by atoms with E-state index in [4.69, 9.17) is 9.84 Å². The molecule has 0 aromatic heterocycles. The van der Waals surface area contributed by atoms with Gasteiger partial charge in [0.1, 0.15) is 5.75 Å². The lowest BCUT2D eigenvalue weighted by Gasteiger charge is -2.42. The van der Waals surface area contributed by atoms with Crippen molar-refractivity contribution in [1.82, 2.24) is 10.2 Å². The third-order valence-corrected chi connectivity index (χ3v) is 4.92. The molecule has 2 saturated carbocycles. The van der Waals surface area contributed by atoms with Crippen LogP contribution in [-0.2, 0) is 4.79 Å². The molecule has 1 aromatic carbocycles. The van der Waals surface area contributed by atoms with Crippen LogP contribution in [0.25, 0.3) is 0 Å². The Labute approximate surface area is 148 Å².